The Labute approximate surface area is 158 Å². The maximum absolute atomic E-state index is 12.1. The number of aromatic nitrogens is 2. The van der Waals surface area contributed by atoms with Gasteiger partial charge in [0.15, 0.2) is 0 Å². The topological polar surface area (TPSA) is 76.0 Å². The van der Waals surface area contributed by atoms with Gasteiger partial charge in [0.25, 0.3) is 11.8 Å². The smallest absolute Gasteiger partial charge is 0.289 e. The number of nitrogens with one attached hydrogen (secondary N) is 2. The molecule has 0 atom stereocenters. The minimum absolute atomic E-state index is 0.230. The second kappa shape index (κ2) is 7.06. The highest BCUT2D eigenvalue weighted by Crippen LogP contribution is 2.32. The Balaban J connectivity index is 1.64. The van der Waals surface area contributed by atoms with Gasteiger partial charge in [-0.05, 0) is 34.1 Å². The molecule has 0 saturated carbocycles. The van der Waals surface area contributed by atoms with E-state index in [1.54, 1.807) is 35.3 Å². The minimum atomic E-state index is -0.484. The van der Waals surface area contributed by atoms with Crippen LogP contribution in [-0.2, 0) is 7.05 Å². The van der Waals surface area contributed by atoms with Crippen LogP contribution in [0.4, 0.5) is 0 Å². The van der Waals surface area contributed by atoms with Gasteiger partial charge in [-0.25, -0.2) is 4.98 Å². The fourth-order valence-electron chi connectivity index (χ4n) is 1.91. The van der Waals surface area contributed by atoms with E-state index in [-0.39, 0.29) is 5.69 Å². The molecule has 0 bridgehead atoms. The molecular formula is C14H10BrClN4O2S2. The van der Waals surface area contributed by atoms with Crippen molar-refractivity contribution in [2.45, 2.75) is 0 Å². The molecule has 0 spiro atoms. The molecule has 24 heavy (non-hydrogen) atoms. The lowest BCUT2D eigenvalue weighted by atomic mass is 10.4. The van der Waals surface area contributed by atoms with E-state index in [0.717, 1.165) is 9.35 Å². The molecule has 0 aliphatic heterocycles. The molecule has 0 aliphatic carbocycles. The average molecular weight is 446 g/mol. The third-order valence-electron chi connectivity index (χ3n) is 3.01. The summed E-state index contributed by atoms with van der Waals surface area (Å²) in [7, 11) is 1.74. The summed E-state index contributed by atoms with van der Waals surface area (Å²) in [5, 5.41) is 2.33. The third-order valence-corrected chi connectivity index (χ3v) is 5.69. The summed E-state index contributed by atoms with van der Waals surface area (Å²) in [6, 6.07) is 5.28. The van der Waals surface area contributed by atoms with Gasteiger partial charge in [-0.1, -0.05) is 11.6 Å². The van der Waals surface area contributed by atoms with Crippen LogP contribution in [0.15, 0.2) is 34.2 Å². The fraction of sp³-hybridized carbons (Fsp3) is 0.0714. The number of carbonyl (C=O) groups excluding carboxylic acids is 2. The number of nitrogens with zero attached hydrogens (tertiary/aromatic N) is 2. The van der Waals surface area contributed by atoms with Gasteiger partial charge in [0, 0.05) is 23.1 Å². The number of hydrazine groups is 1. The van der Waals surface area contributed by atoms with Gasteiger partial charge in [0.05, 0.1) is 9.21 Å². The number of thiophene rings is 1. The fourth-order valence-corrected chi connectivity index (χ4v) is 4.35. The highest BCUT2D eigenvalue weighted by Gasteiger charge is 2.15. The Morgan fingerprint density at radius 2 is 2.04 bits per heavy atom. The molecule has 0 aromatic carbocycles. The molecule has 0 fully saturated rings. The molecule has 0 aliphatic rings. The molecule has 2 amide bonds. The van der Waals surface area contributed by atoms with Gasteiger partial charge in [-0.3, -0.25) is 20.4 Å². The normalized spacial score (nSPS) is 10.6. The van der Waals surface area contributed by atoms with Crippen molar-refractivity contribution >= 4 is 62.0 Å². The summed E-state index contributed by atoms with van der Waals surface area (Å²) < 4.78 is 3.08. The van der Waals surface area contributed by atoms with Crippen molar-refractivity contribution < 1.29 is 9.59 Å². The zero-order valence-electron chi connectivity index (χ0n) is 12.2. The van der Waals surface area contributed by atoms with Crippen molar-refractivity contribution in [3.8, 4) is 9.88 Å². The Hall–Kier alpha value is -1.68. The highest BCUT2D eigenvalue weighted by molar-refractivity contribution is 9.10. The third kappa shape index (κ3) is 3.69. The van der Waals surface area contributed by atoms with E-state index < -0.39 is 11.8 Å². The number of carbonyl (C=O) groups is 2. The van der Waals surface area contributed by atoms with Crippen molar-refractivity contribution in [1.29, 1.82) is 0 Å². The van der Waals surface area contributed by atoms with E-state index in [2.05, 4.69) is 31.8 Å². The largest absolute Gasteiger partial charge is 0.345 e. The zero-order chi connectivity index (χ0) is 17.3. The van der Waals surface area contributed by atoms with Crippen LogP contribution in [0, 0.1) is 0 Å². The zero-order valence-corrected chi connectivity index (χ0v) is 16.1. The average Bonchev–Trinajstić information content (AvgIpc) is 3.24. The number of hydrogen-bond acceptors (Lipinski definition) is 5. The van der Waals surface area contributed by atoms with Gasteiger partial charge in [-0.2, -0.15) is 0 Å². The van der Waals surface area contributed by atoms with Crippen molar-refractivity contribution in [3.05, 3.63) is 50.0 Å². The van der Waals surface area contributed by atoms with E-state index >= 15 is 0 Å². The highest BCUT2D eigenvalue weighted by atomic mass is 79.9. The number of amides is 2. The van der Waals surface area contributed by atoms with Crippen LogP contribution >= 0.6 is 50.2 Å². The molecule has 124 valence electrons. The molecule has 3 heterocycles. The van der Waals surface area contributed by atoms with Gasteiger partial charge < -0.3 is 4.57 Å². The van der Waals surface area contributed by atoms with Crippen molar-refractivity contribution in [2.75, 3.05) is 0 Å². The number of halogens is 2. The second-order valence-electron chi connectivity index (χ2n) is 4.70. The van der Waals surface area contributed by atoms with Gasteiger partial charge in [0.1, 0.15) is 16.4 Å². The van der Waals surface area contributed by atoms with E-state index in [4.69, 9.17) is 11.6 Å². The van der Waals surface area contributed by atoms with E-state index in [0.29, 0.717) is 15.0 Å². The lowest BCUT2D eigenvalue weighted by molar-refractivity contribution is 0.0840. The summed E-state index contributed by atoms with van der Waals surface area (Å²) in [6.07, 6.45) is 1.75. The summed E-state index contributed by atoms with van der Waals surface area (Å²) in [5.74, 6) is -0.904. The van der Waals surface area contributed by atoms with Crippen molar-refractivity contribution in [1.82, 2.24) is 20.4 Å². The Morgan fingerprint density at radius 1 is 1.29 bits per heavy atom. The van der Waals surface area contributed by atoms with Gasteiger partial charge in [0.2, 0.25) is 0 Å². The first-order valence-electron chi connectivity index (χ1n) is 6.58. The number of aryl methyl sites for hydroxylation is 1. The molecule has 6 nitrogen and oxygen atoms in total. The molecule has 10 heteroatoms. The molecule has 3 rings (SSSR count). The van der Waals surface area contributed by atoms with E-state index in [1.807, 2.05) is 6.07 Å². The van der Waals surface area contributed by atoms with E-state index in [9.17, 15) is 9.59 Å². The van der Waals surface area contributed by atoms with Crippen molar-refractivity contribution in [3.63, 3.8) is 0 Å². The first kappa shape index (κ1) is 17.2. The molecule has 3 aromatic rings. The van der Waals surface area contributed by atoms with Crippen LogP contribution in [0.25, 0.3) is 9.88 Å². The van der Waals surface area contributed by atoms with Gasteiger partial charge in [-0.15, -0.1) is 22.7 Å². The van der Waals surface area contributed by atoms with Crippen molar-refractivity contribution in [2.24, 2.45) is 7.05 Å². The molecule has 0 saturated heterocycles. The van der Waals surface area contributed by atoms with Crippen LogP contribution in [-0.4, -0.2) is 21.4 Å². The summed E-state index contributed by atoms with van der Waals surface area (Å²) in [4.78, 5) is 29.3. The Kier molecular flexibility index (Phi) is 5.04. The molecule has 3 aromatic heterocycles. The maximum Gasteiger partial charge on any atom is 0.289 e. The Morgan fingerprint density at radius 3 is 2.67 bits per heavy atom. The predicted molar refractivity (Wildman–Crippen MR) is 98.5 cm³/mol. The number of thiazole rings is 1. The quantitative estimate of drug-likeness (QED) is 0.604. The first-order chi connectivity index (χ1) is 11.4. The lowest BCUT2D eigenvalue weighted by Gasteiger charge is -2.06. The number of rotatable bonds is 3. The van der Waals surface area contributed by atoms with E-state index in [1.165, 1.54) is 22.7 Å². The molecule has 0 radical (unpaired) electrons. The molecular weight excluding hydrogens is 436 g/mol. The SMILES string of the molecule is Cn1cc(Br)cc1C(=O)NNC(=O)c1csc(-c2ccc(Cl)s2)n1. The Bertz CT molecular complexity index is 918. The molecule has 2 N–H and O–H groups in total. The summed E-state index contributed by atoms with van der Waals surface area (Å²) in [6.45, 7) is 0. The van der Waals surface area contributed by atoms with Crippen LogP contribution < -0.4 is 10.9 Å². The summed E-state index contributed by atoms with van der Waals surface area (Å²) >= 11 is 11.9. The summed E-state index contributed by atoms with van der Waals surface area (Å²) in [5.41, 5.74) is 5.37. The first-order valence-corrected chi connectivity index (χ1v) is 9.44. The maximum atomic E-state index is 12.1. The monoisotopic (exact) mass is 444 g/mol. The van der Waals surface area contributed by atoms with Gasteiger partial charge >= 0.3 is 0 Å². The van der Waals surface area contributed by atoms with Crippen LogP contribution in [0.1, 0.15) is 21.0 Å². The lowest BCUT2D eigenvalue weighted by Crippen LogP contribution is -2.42. The minimum Gasteiger partial charge on any atom is -0.345 e. The standard InChI is InChI=1S/C14H10BrClN4O2S2/c1-20-5-7(15)4-9(20)13(22)19-18-12(21)8-6-23-14(17-8)10-2-3-11(16)24-10/h2-6H,1H3,(H,18,21)(H,19,22). The van der Waals surface area contributed by atoms with Crippen LogP contribution in [0.3, 0.4) is 0 Å². The van der Waals surface area contributed by atoms with Crippen LogP contribution in [0.5, 0.6) is 0 Å². The number of hydrogen-bond donors (Lipinski definition) is 2. The molecule has 0 unspecified atom stereocenters. The van der Waals surface area contributed by atoms with Crippen LogP contribution in [0.2, 0.25) is 4.34 Å². The second-order valence-corrected chi connectivity index (χ2v) is 8.19. The predicted octanol–water partition coefficient (Wildman–Crippen LogP) is 3.70.